The number of phenolic OH excluding ortho intramolecular Hbond substituents is 3. The predicted octanol–water partition coefficient (Wildman–Crippen LogP) is 1.81. The number of hydrogen-bond donors (Lipinski definition) is 4. The first kappa shape index (κ1) is 28.0. The van der Waals surface area contributed by atoms with Gasteiger partial charge >= 0.3 is 17.9 Å². The van der Waals surface area contributed by atoms with E-state index in [0.29, 0.717) is 0 Å². The molecule has 0 radical (unpaired) electrons. The topological polar surface area (TPSA) is 208 Å². The largest absolute Gasteiger partial charge is 0.507 e. The molecule has 212 valence electrons. The highest BCUT2D eigenvalue weighted by Crippen LogP contribution is 2.42. The zero-order valence-electron chi connectivity index (χ0n) is 21.3. The van der Waals surface area contributed by atoms with Crippen molar-refractivity contribution < 1.29 is 62.9 Å². The third kappa shape index (κ3) is 5.56. The highest BCUT2D eigenvalue weighted by molar-refractivity contribution is 5.92. The Balaban J connectivity index is 1.64. The molecule has 14 heteroatoms. The summed E-state index contributed by atoms with van der Waals surface area (Å²) in [5.74, 6) is -5.53. The van der Waals surface area contributed by atoms with Crippen molar-refractivity contribution in [3.8, 4) is 40.1 Å². The summed E-state index contributed by atoms with van der Waals surface area (Å²) in [5, 5.41) is 39.8. The van der Waals surface area contributed by atoms with E-state index in [1.165, 1.54) is 24.3 Å². The molecular formula is C26H24O14. The fourth-order valence-corrected chi connectivity index (χ4v) is 4.14. The van der Waals surface area contributed by atoms with Crippen molar-refractivity contribution in [1.82, 2.24) is 0 Å². The van der Waals surface area contributed by atoms with Crippen LogP contribution < -0.4 is 10.2 Å². The van der Waals surface area contributed by atoms with Gasteiger partial charge in [0, 0.05) is 32.4 Å². The van der Waals surface area contributed by atoms with Gasteiger partial charge in [-0.1, -0.05) is 0 Å². The van der Waals surface area contributed by atoms with E-state index in [1.807, 2.05) is 0 Å². The Bertz CT molecular complexity index is 1520. The lowest BCUT2D eigenvalue weighted by Gasteiger charge is -2.40. The number of rotatable bonds is 6. The fraction of sp³-hybridized carbons (Fsp3) is 0.308. The molecule has 1 fully saturated rings. The molecule has 0 bridgehead atoms. The van der Waals surface area contributed by atoms with Gasteiger partial charge in [-0.05, 0) is 24.3 Å². The predicted molar refractivity (Wildman–Crippen MR) is 132 cm³/mol. The SMILES string of the molecule is CC(=O)OC1COC(Oc2ccc(-c3oc4c(O)c(O)cc(O)c4c(=O)c3O)cc2)C(OC(C)=O)C1OC(C)=O. The Morgan fingerprint density at radius 1 is 0.825 bits per heavy atom. The smallest absolute Gasteiger partial charge is 0.303 e. The third-order valence-electron chi connectivity index (χ3n) is 5.75. The number of phenols is 3. The van der Waals surface area contributed by atoms with Crippen molar-refractivity contribution >= 4 is 28.9 Å². The molecular weight excluding hydrogens is 536 g/mol. The Morgan fingerprint density at radius 2 is 1.43 bits per heavy atom. The number of benzene rings is 2. The Morgan fingerprint density at radius 3 is 2.02 bits per heavy atom. The van der Waals surface area contributed by atoms with Gasteiger partial charge in [0.2, 0.25) is 29.3 Å². The lowest BCUT2D eigenvalue weighted by molar-refractivity contribution is -0.259. The van der Waals surface area contributed by atoms with Gasteiger partial charge in [0.15, 0.2) is 29.3 Å². The average Bonchev–Trinajstić information content (AvgIpc) is 2.87. The van der Waals surface area contributed by atoms with Crippen LogP contribution in [0.25, 0.3) is 22.3 Å². The maximum atomic E-state index is 12.6. The van der Waals surface area contributed by atoms with Crippen LogP contribution in [0.2, 0.25) is 0 Å². The first-order valence-corrected chi connectivity index (χ1v) is 11.7. The van der Waals surface area contributed by atoms with Crippen LogP contribution in [0.3, 0.4) is 0 Å². The summed E-state index contributed by atoms with van der Waals surface area (Å²) in [6.07, 6.45) is -4.96. The van der Waals surface area contributed by atoms with E-state index in [-0.39, 0.29) is 23.7 Å². The number of aromatic hydroxyl groups is 4. The van der Waals surface area contributed by atoms with Crippen LogP contribution >= 0.6 is 0 Å². The van der Waals surface area contributed by atoms with Crippen LogP contribution in [0.1, 0.15) is 20.8 Å². The average molecular weight is 560 g/mol. The minimum atomic E-state index is -1.33. The Kier molecular flexibility index (Phi) is 7.72. The van der Waals surface area contributed by atoms with Gasteiger partial charge in [0.25, 0.3) is 0 Å². The normalized spacial score (nSPS) is 20.5. The second kappa shape index (κ2) is 11.0. The number of carbonyl (C=O) groups excluding carboxylic acids is 3. The van der Waals surface area contributed by atoms with Crippen LogP contribution in [-0.2, 0) is 33.3 Å². The molecule has 3 aromatic rings. The van der Waals surface area contributed by atoms with E-state index in [1.54, 1.807) is 0 Å². The van der Waals surface area contributed by atoms with Crippen molar-refractivity contribution in [3.05, 3.63) is 40.6 Å². The second-order valence-electron chi connectivity index (χ2n) is 8.72. The molecule has 14 nitrogen and oxygen atoms in total. The van der Waals surface area contributed by atoms with Gasteiger partial charge in [0.05, 0.1) is 6.61 Å². The summed E-state index contributed by atoms with van der Waals surface area (Å²) in [7, 11) is 0. The van der Waals surface area contributed by atoms with E-state index >= 15 is 0 Å². The molecule has 1 aliphatic heterocycles. The van der Waals surface area contributed by atoms with Crippen molar-refractivity contribution in [3.63, 3.8) is 0 Å². The molecule has 4 atom stereocenters. The molecule has 0 spiro atoms. The molecule has 40 heavy (non-hydrogen) atoms. The molecule has 0 aliphatic carbocycles. The number of fused-ring (bicyclic) bond motifs is 1. The van der Waals surface area contributed by atoms with Gasteiger partial charge in [0.1, 0.15) is 16.9 Å². The molecule has 1 aliphatic rings. The second-order valence-corrected chi connectivity index (χ2v) is 8.72. The Hall–Kier alpha value is -4.98. The lowest BCUT2D eigenvalue weighted by atomic mass is 10.0. The molecule has 2 heterocycles. The van der Waals surface area contributed by atoms with E-state index in [4.69, 9.17) is 28.1 Å². The summed E-state index contributed by atoms with van der Waals surface area (Å²) in [6.45, 7) is 3.14. The molecule has 1 aromatic heterocycles. The number of esters is 3. The van der Waals surface area contributed by atoms with E-state index in [0.717, 1.165) is 26.8 Å². The summed E-state index contributed by atoms with van der Waals surface area (Å²) in [4.78, 5) is 47.7. The molecule has 0 saturated carbocycles. The van der Waals surface area contributed by atoms with E-state index in [2.05, 4.69) is 0 Å². The van der Waals surface area contributed by atoms with Crippen molar-refractivity contribution in [2.45, 2.75) is 45.4 Å². The monoisotopic (exact) mass is 560 g/mol. The van der Waals surface area contributed by atoms with Crippen LogP contribution in [0.15, 0.2) is 39.5 Å². The van der Waals surface area contributed by atoms with Crippen LogP contribution in [0, 0.1) is 0 Å². The van der Waals surface area contributed by atoms with Gasteiger partial charge < -0.3 is 48.5 Å². The first-order valence-electron chi connectivity index (χ1n) is 11.7. The zero-order chi connectivity index (χ0) is 29.3. The lowest BCUT2D eigenvalue weighted by Crippen LogP contribution is -2.59. The van der Waals surface area contributed by atoms with Gasteiger partial charge in [-0.15, -0.1) is 0 Å². The first-order chi connectivity index (χ1) is 18.9. The van der Waals surface area contributed by atoms with Gasteiger partial charge in [-0.2, -0.15) is 0 Å². The maximum absolute atomic E-state index is 12.6. The summed E-state index contributed by atoms with van der Waals surface area (Å²) >= 11 is 0. The minimum Gasteiger partial charge on any atom is -0.507 e. The molecule has 2 aromatic carbocycles. The fourth-order valence-electron chi connectivity index (χ4n) is 4.14. The molecule has 4 unspecified atom stereocenters. The standard InChI is InChI=1S/C26H24O14/c1-10(27)36-17-9-35-26(25(38-12(3)29)23(17)37-11(2)28)39-14-6-4-13(5-7-14)22-21(34)20(33)18-15(30)8-16(31)19(32)24(18)40-22/h4-8,17,23,25-26,30-32,34H,9H2,1-3H3. The summed E-state index contributed by atoms with van der Waals surface area (Å²) in [6, 6.07) is 6.23. The van der Waals surface area contributed by atoms with Crippen LogP contribution in [-0.4, -0.2) is 69.5 Å². The third-order valence-corrected chi connectivity index (χ3v) is 5.75. The van der Waals surface area contributed by atoms with Crippen molar-refractivity contribution in [2.75, 3.05) is 6.61 Å². The summed E-state index contributed by atoms with van der Waals surface area (Å²) < 4.78 is 32.6. The summed E-state index contributed by atoms with van der Waals surface area (Å²) in [5.41, 5.74) is -1.46. The van der Waals surface area contributed by atoms with Gasteiger partial charge in [-0.3, -0.25) is 19.2 Å². The van der Waals surface area contributed by atoms with E-state index in [9.17, 15) is 39.6 Å². The Labute approximate surface area is 224 Å². The van der Waals surface area contributed by atoms with Crippen molar-refractivity contribution in [1.29, 1.82) is 0 Å². The zero-order valence-corrected chi connectivity index (χ0v) is 21.3. The van der Waals surface area contributed by atoms with E-state index < -0.39 is 81.9 Å². The molecule has 1 saturated heterocycles. The highest BCUT2D eigenvalue weighted by Gasteiger charge is 2.48. The number of hydrogen-bond acceptors (Lipinski definition) is 14. The molecule has 0 amide bonds. The van der Waals surface area contributed by atoms with Crippen LogP contribution in [0.4, 0.5) is 0 Å². The molecule has 4 rings (SSSR count). The minimum absolute atomic E-state index is 0.138. The molecule has 4 N–H and O–H groups in total. The quantitative estimate of drug-likeness (QED) is 0.147. The highest BCUT2D eigenvalue weighted by atomic mass is 16.7. The number of carbonyl (C=O) groups is 3. The van der Waals surface area contributed by atoms with Crippen LogP contribution in [0.5, 0.6) is 28.7 Å². The van der Waals surface area contributed by atoms with Crippen molar-refractivity contribution in [2.24, 2.45) is 0 Å². The maximum Gasteiger partial charge on any atom is 0.303 e. The number of ether oxygens (including phenoxy) is 5. The van der Waals surface area contributed by atoms with Gasteiger partial charge in [-0.25, -0.2) is 0 Å².